The molecule has 0 radical (unpaired) electrons. The fourth-order valence-corrected chi connectivity index (χ4v) is 2.23. The summed E-state index contributed by atoms with van der Waals surface area (Å²) < 4.78 is 1.92. The topological polar surface area (TPSA) is 82.7 Å². The van der Waals surface area contributed by atoms with Gasteiger partial charge in [0.15, 0.2) is 23.0 Å². The number of hydrogen-bond acceptors (Lipinski definition) is 5. The van der Waals surface area contributed by atoms with Crippen molar-refractivity contribution in [2.75, 3.05) is 0 Å². The van der Waals surface area contributed by atoms with Crippen LogP contribution in [0.4, 0.5) is 0 Å². The van der Waals surface area contributed by atoms with E-state index in [1.54, 1.807) is 12.1 Å². The molecule has 3 rings (SSSR count). The van der Waals surface area contributed by atoms with Crippen LogP contribution in [0, 0.1) is 0 Å². The lowest BCUT2D eigenvalue weighted by atomic mass is 10.1. The Morgan fingerprint density at radius 1 is 1.14 bits per heavy atom. The maximum Gasteiger partial charge on any atom is 0.161 e. The number of fused-ring (bicyclic) bond motifs is 1. The molecule has 0 fully saturated rings. The van der Waals surface area contributed by atoms with Crippen LogP contribution in [-0.2, 0) is 6.54 Å². The van der Waals surface area contributed by atoms with Gasteiger partial charge >= 0.3 is 0 Å². The lowest BCUT2D eigenvalue weighted by Crippen LogP contribution is -2.20. The summed E-state index contributed by atoms with van der Waals surface area (Å²) in [6.07, 6.45) is 1.91. The number of aromatic nitrogens is 3. The van der Waals surface area contributed by atoms with Crippen molar-refractivity contribution in [3.63, 3.8) is 0 Å². The highest BCUT2D eigenvalue weighted by Crippen LogP contribution is 2.28. The summed E-state index contributed by atoms with van der Waals surface area (Å²) >= 11 is 0. The molecule has 0 saturated heterocycles. The Labute approximate surface area is 121 Å². The molecule has 0 saturated carbocycles. The Bertz CT molecular complexity index is 769. The number of para-hydroxylation sites is 1. The van der Waals surface area contributed by atoms with Crippen molar-refractivity contribution in [3.05, 3.63) is 54.0 Å². The molecular formula is C15H16N4O2. The molecule has 1 unspecified atom stereocenters. The van der Waals surface area contributed by atoms with Gasteiger partial charge in [-0.2, -0.15) is 0 Å². The molecular weight excluding hydrogens is 268 g/mol. The first kappa shape index (κ1) is 13.4. The quantitative estimate of drug-likeness (QED) is 0.638. The standard InChI is InChI=1S/C15H16N4O2/c1-10(15-18-17-13-7-2-3-8-19(13)15)16-9-11-5-4-6-12(20)14(11)21/h2-8,10,16,20-21H,9H2,1H3. The average molecular weight is 284 g/mol. The molecule has 3 aromatic rings. The summed E-state index contributed by atoms with van der Waals surface area (Å²) in [5, 5.41) is 30.8. The minimum Gasteiger partial charge on any atom is -0.504 e. The highest BCUT2D eigenvalue weighted by molar-refractivity contribution is 5.44. The van der Waals surface area contributed by atoms with Crippen LogP contribution in [0.2, 0.25) is 0 Å². The first-order valence-corrected chi connectivity index (χ1v) is 6.69. The molecule has 0 aliphatic carbocycles. The van der Waals surface area contributed by atoms with Crippen molar-refractivity contribution in [2.24, 2.45) is 0 Å². The Morgan fingerprint density at radius 2 is 2.00 bits per heavy atom. The monoisotopic (exact) mass is 284 g/mol. The molecule has 2 heterocycles. The summed E-state index contributed by atoms with van der Waals surface area (Å²) in [4.78, 5) is 0. The van der Waals surface area contributed by atoms with E-state index in [9.17, 15) is 10.2 Å². The largest absolute Gasteiger partial charge is 0.504 e. The number of phenolic OH excluding ortho intramolecular Hbond substituents is 2. The molecule has 0 spiro atoms. The fourth-order valence-electron chi connectivity index (χ4n) is 2.23. The van der Waals surface area contributed by atoms with Crippen molar-refractivity contribution < 1.29 is 10.2 Å². The van der Waals surface area contributed by atoms with E-state index in [1.807, 2.05) is 35.7 Å². The molecule has 108 valence electrons. The van der Waals surface area contributed by atoms with E-state index < -0.39 is 0 Å². The van der Waals surface area contributed by atoms with Crippen molar-refractivity contribution in [3.8, 4) is 11.5 Å². The number of pyridine rings is 1. The van der Waals surface area contributed by atoms with Gasteiger partial charge in [0, 0.05) is 18.3 Å². The summed E-state index contributed by atoms with van der Waals surface area (Å²) in [6, 6.07) is 10.6. The van der Waals surface area contributed by atoms with E-state index in [0.29, 0.717) is 12.1 Å². The zero-order chi connectivity index (χ0) is 14.8. The zero-order valence-corrected chi connectivity index (χ0v) is 11.6. The molecule has 0 aliphatic heterocycles. The lowest BCUT2D eigenvalue weighted by molar-refractivity contribution is 0.396. The molecule has 21 heavy (non-hydrogen) atoms. The Kier molecular flexibility index (Phi) is 3.45. The Morgan fingerprint density at radius 3 is 2.86 bits per heavy atom. The van der Waals surface area contributed by atoms with E-state index in [1.165, 1.54) is 6.07 Å². The van der Waals surface area contributed by atoms with E-state index in [2.05, 4.69) is 15.5 Å². The maximum atomic E-state index is 9.79. The molecule has 0 amide bonds. The average Bonchev–Trinajstić information content (AvgIpc) is 2.92. The first-order valence-electron chi connectivity index (χ1n) is 6.69. The summed E-state index contributed by atoms with van der Waals surface area (Å²) in [5.74, 6) is 0.587. The predicted molar refractivity (Wildman–Crippen MR) is 78.0 cm³/mol. The SMILES string of the molecule is CC(NCc1cccc(O)c1O)c1nnc2ccccn12. The Hall–Kier alpha value is -2.60. The maximum absolute atomic E-state index is 9.79. The highest BCUT2D eigenvalue weighted by atomic mass is 16.3. The number of aromatic hydroxyl groups is 2. The second kappa shape index (κ2) is 5.41. The van der Waals surface area contributed by atoms with Gasteiger partial charge in [-0.1, -0.05) is 18.2 Å². The second-order valence-electron chi connectivity index (χ2n) is 4.87. The van der Waals surface area contributed by atoms with E-state index in [0.717, 1.165) is 11.5 Å². The number of rotatable bonds is 4. The summed E-state index contributed by atoms with van der Waals surface area (Å²) in [7, 11) is 0. The van der Waals surface area contributed by atoms with Crippen molar-refractivity contribution in [2.45, 2.75) is 19.5 Å². The van der Waals surface area contributed by atoms with Gasteiger partial charge in [-0.05, 0) is 25.1 Å². The van der Waals surface area contributed by atoms with Gasteiger partial charge in [0.1, 0.15) is 0 Å². The molecule has 0 bridgehead atoms. The van der Waals surface area contributed by atoms with E-state index in [4.69, 9.17) is 0 Å². The van der Waals surface area contributed by atoms with Gasteiger partial charge in [-0.3, -0.25) is 4.40 Å². The smallest absolute Gasteiger partial charge is 0.161 e. The van der Waals surface area contributed by atoms with Gasteiger partial charge in [0.05, 0.1) is 6.04 Å². The van der Waals surface area contributed by atoms with Crippen LogP contribution in [-0.4, -0.2) is 24.8 Å². The van der Waals surface area contributed by atoms with Crippen LogP contribution in [0.3, 0.4) is 0 Å². The molecule has 0 aliphatic rings. The number of nitrogens with zero attached hydrogens (tertiary/aromatic N) is 3. The van der Waals surface area contributed by atoms with Gasteiger partial charge < -0.3 is 15.5 Å². The normalized spacial score (nSPS) is 12.6. The molecule has 1 atom stereocenters. The van der Waals surface area contributed by atoms with Crippen LogP contribution in [0.5, 0.6) is 11.5 Å². The summed E-state index contributed by atoms with van der Waals surface area (Å²) in [5.41, 5.74) is 1.43. The molecule has 3 N–H and O–H groups in total. The minimum atomic E-state index is -0.116. The van der Waals surface area contributed by atoms with Crippen molar-refractivity contribution >= 4 is 5.65 Å². The molecule has 2 aromatic heterocycles. The van der Waals surface area contributed by atoms with Crippen LogP contribution < -0.4 is 5.32 Å². The minimum absolute atomic E-state index is 0.0517. The van der Waals surface area contributed by atoms with Crippen LogP contribution in [0.25, 0.3) is 5.65 Å². The Balaban J connectivity index is 1.77. The van der Waals surface area contributed by atoms with Gasteiger partial charge in [0.25, 0.3) is 0 Å². The number of benzene rings is 1. The molecule has 6 heteroatoms. The second-order valence-corrected chi connectivity index (χ2v) is 4.87. The van der Waals surface area contributed by atoms with E-state index in [-0.39, 0.29) is 17.5 Å². The van der Waals surface area contributed by atoms with Crippen LogP contribution in [0.15, 0.2) is 42.6 Å². The van der Waals surface area contributed by atoms with Crippen LogP contribution in [0.1, 0.15) is 24.4 Å². The molecule has 6 nitrogen and oxygen atoms in total. The lowest BCUT2D eigenvalue weighted by Gasteiger charge is -2.13. The van der Waals surface area contributed by atoms with Gasteiger partial charge in [-0.25, -0.2) is 0 Å². The number of hydrogen-bond donors (Lipinski definition) is 3. The fraction of sp³-hybridized carbons (Fsp3) is 0.200. The first-order chi connectivity index (χ1) is 10.2. The van der Waals surface area contributed by atoms with Gasteiger partial charge in [0.2, 0.25) is 0 Å². The third kappa shape index (κ3) is 2.53. The summed E-state index contributed by atoms with van der Waals surface area (Å²) in [6.45, 7) is 2.40. The van der Waals surface area contributed by atoms with Gasteiger partial charge in [-0.15, -0.1) is 10.2 Å². The zero-order valence-electron chi connectivity index (χ0n) is 11.6. The number of phenols is 2. The third-order valence-electron chi connectivity index (χ3n) is 3.42. The molecule has 1 aromatic carbocycles. The number of nitrogens with one attached hydrogen (secondary N) is 1. The van der Waals surface area contributed by atoms with Crippen molar-refractivity contribution in [1.82, 2.24) is 19.9 Å². The van der Waals surface area contributed by atoms with Crippen LogP contribution >= 0.6 is 0 Å². The highest BCUT2D eigenvalue weighted by Gasteiger charge is 2.14. The van der Waals surface area contributed by atoms with E-state index >= 15 is 0 Å². The third-order valence-corrected chi connectivity index (χ3v) is 3.42. The van der Waals surface area contributed by atoms with Crippen molar-refractivity contribution in [1.29, 1.82) is 0 Å². The predicted octanol–water partition coefficient (Wildman–Crippen LogP) is 1.99.